The summed E-state index contributed by atoms with van der Waals surface area (Å²) in [6, 6.07) is -0.975. The SMILES string of the molecule is CCCCCCC/C=C\C/C=C\C/C=C\CCCCCCCCCCCCCCCCCCCCCCCCCCC(=O)NC(COC1OC(CO)C(OC2OC(CO)C(OC3OC(CO)C(O)C(O)C3O)C(O)C2O)C(O)C1O)C(O)/C=C/CCCCCCCCCCCCCCCCCCCCCCCCCCCCCC. The smallest absolute Gasteiger partial charge is 0.220 e. The molecule has 0 aromatic heterocycles. The molecule has 0 radical (unpaired) electrons. The molecule has 0 aromatic carbocycles. The minimum Gasteiger partial charge on any atom is -0.394 e. The van der Waals surface area contributed by atoms with Gasteiger partial charge in [0.15, 0.2) is 18.9 Å². The van der Waals surface area contributed by atoms with Crippen LogP contribution in [0.15, 0.2) is 48.6 Å². The molecule has 12 N–H and O–H groups in total. The van der Waals surface area contributed by atoms with Gasteiger partial charge in [0, 0.05) is 6.42 Å². The highest BCUT2D eigenvalue weighted by atomic mass is 16.8. The molecule has 0 spiro atoms. The van der Waals surface area contributed by atoms with E-state index in [4.69, 9.17) is 28.4 Å². The van der Waals surface area contributed by atoms with Crippen molar-refractivity contribution < 1.29 is 89.4 Å². The third-order valence-electron chi connectivity index (χ3n) is 23.9. The highest BCUT2D eigenvalue weighted by Gasteiger charge is 2.54. The number of unbranched alkanes of at least 4 members (excludes halogenated alkanes) is 57. The fourth-order valence-corrected chi connectivity index (χ4v) is 16.3. The van der Waals surface area contributed by atoms with Crippen LogP contribution < -0.4 is 5.32 Å². The second-order valence-corrected chi connectivity index (χ2v) is 34.2. The molecule has 19 nitrogen and oxygen atoms in total. The standard InChI is InChI=1S/C95H177NO18/c1-3-5-7-9-11-13-15-17-19-21-23-25-27-29-31-33-35-36-37-38-39-40-41-42-43-45-47-49-51-53-55-57-59-61-63-65-67-69-71-73-83(101)96-78(79(100)72-70-68-66-64-62-60-58-56-54-52-50-48-46-44-34-32-30-28-26-24-22-20-18-16-14-12-10-8-6-4-2)77-109-93-89(107)86(104)91(81(75-98)111-93)114-95-90(108)87(105)92(82(76-99)112-95)113-94-88(106)85(103)84(102)80(74-97)110-94/h15,17,21,23,27,29,70,72,78-82,84-95,97-100,102-108H,3-14,16,18-20,22,24-26,28,30-69,71,73-77H2,1-2H3,(H,96,101)/b17-15-,23-21-,29-27-,72-70+. The highest BCUT2D eigenvalue weighted by Crippen LogP contribution is 2.34. The Hall–Kier alpha value is -2.25. The van der Waals surface area contributed by atoms with E-state index >= 15 is 0 Å². The van der Waals surface area contributed by atoms with Crippen LogP contribution in [-0.4, -0.2) is 193 Å². The van der Waals surface area contributed by atoms with E-state index in [0.717, 1.165) is 57.8 Å². The molecule has 670 valence electrons. The van der Waals surface area contributed by atoms with E-state index < -0.39 is 124 Å². The topological polar surface area (TPSA) is 307 Å². The summed E-state index contributed by atoms with van der Waals surface area (Å²) in [5.74, 6) is -0.267. The number of nitrogens with one attached hydrogen (secondary N) is 1. The maximum atomic E-state index is 13.5. The lowest BCUT2D eigenvalue weighted by Gasteiger charge is -2.48. The van der Waals surface area contributed by atoms with Crippen molar-refractivity contribution in [2.75, 3.05) is 26.4 Å². The molecule has 0 saturated carbocycles. The molecule has 3 fully saturated rings. The molecular weight excluding hydrogens is 1440 g/mol. The van der Waals surface area contributed by atoms with Gasteiger partial charge in [-0.05, 0) is 57.8 Å². The molecule has 0 aliphatic carbocycles. The lowest BCUT2D eigenvalue weighted by molar-refractivity contribution is -0.379. The van der Waals surface area contributed by atoms with Gasteiger partial charge in [-0.25, -0.2) is 0 Å². The Kier molecular flexibility index (Phi) is 69.3. The zero-order valence-corrected chi connectivity index (χ0v) is 72.6. The Morgan fingerprint density at radius 3 is 0.904 bits per heavy atom. The monoisotopic (exact) mass is 1620 g/mol. The highest BCUT2D eigenvalue weighted by molar-refractivity contribution is 5.76. The lowest BCUT2D eigenvalue weighted by atomic mass is 9.96. The number of hydrogen-bond donors (Lipinski definition) is 12. The van der Waals surface area contributed by atoms with Crippen LogP contribution in [0.1, 0.15) is 418 Å². The molecule has 0 aromatic rings. The molecule has 19 heteroatoms. The number of allylic oxidation sites excluding steroid dienone is 7. The summed E-state index contributed by atoms with van der Waals surface area (Å²) in [4.78, 5) is 13.5. The van der Waals surface area contributed by atoms with E-state index in [-0.39, 0.29) is 18.9 Å². The summed E-state index contributed by atoms with van der Waals surface area (Å²) in [6.45, 7) is 1.80. The summed E-state index contributed by atoms with van der Waals surface area (Å²) in [6.07, 6.45) is 71.4. The van der Waals surface area contributed by atoms with Crippen LogP contribution in [0.5, 0.6) is 0 Å². The van der Waals surface area contributed by atoms with Gasteiger partial charge in [-0.2, -0.15) is 0 Å². The fourth-order valence-electron chi connectivity index (χ4n) is 16.3. The zero-order valence-electron chi connectivity index (χ0n) is 72.6. The summed E-state index contributed by atoms with van der Waals surface area (Å²) < 4.78 is 34.6. The number of aliphatic hydroxyl groups excluding tert-OH is 11. The maximum absolute atomic E-state index is 13.5. The number of hydrogen-bond acceptors (Lipinski definition) is 18. The number of carbonyl (C=O) groups excluding carboxylic acids is 1. The van der Waals surface area contributed by atoms with Crippen LogP contribution in [0.25, 0.3) is 0 Å². The minimum absolute atomic E-state index is 0.247. The van der Waals surface area contributed by atoms with Crippen LogP contribution in [0.3, 0.4) is 0 Å². The molecule has 3 heterocycles. The van der Waals surface area contributed by atoms with Crippen molar-refractivity contribution in [2.24, 2.45) is 0 Å². The van der Waals surface area contributed by atoms with Crippen LogP contribution in [-0.2, 0) is 33.2 Å². The summed E-state index contributed by atoms with van der Waals surface area (Å²) in [5, 5.41) is 121. The Labute approximate surface area is 694 Å². The minimum atomic E-state index is -1.98. The van der Waals surface area contributed by atoms with Gasteiger partial charge in [0.2, 0.25) is 5.91 Å². The van der Waals surface area contributed by atoms with Crippen molar-refractivity contribution in [3.8, 4) is 0 Å². The van der Waals surface area contributed by atoms with Crippen molar-refractivity contribution in [1.29, 1.82) is 0 Å². The first-order valence-electron chi connectivity index (χ1n) is 47.9. The van der Waals surface area contributed by atoms with Crippen LogP contribution in [0, 0.1) is 0 Å². The normalized spacial score (nSPS) is 24.9. The number of ether oxygens (including phenoxy) is 6. The molecular formula is C95H177NO18. The lowest BCUT2D eigenvalue weighted by Crippen LogP contribution is -2.66. The molecule has 3 aliphatic rings. The predicted molar refractivity (Wildman–Crippen MR) is 462 cm³/mol. The van der Waals surface area contributed by atoms with Crippen LogP contribution in [0.4, 0.5) is 0 Å². The molecule has 0 bridgehead atoms. The molecule has 3 saturated heterocycles. The van der Waals surface area contributed by atoms with Crippen molar-refractivity contribution in [2.45, 2.75) is 523 Å². The van der Waals surface area contributed by atoms with Gasteiger partial charge in [0.1, 0.15) is 73.2 Å². The third-order valence-corrected chi connectivity index (χ3v) is 23.9. The average Bonchev–Trinajstić information content (AvgIpc) is 0.783. The molecule has 1 amide bonds. The largest absolute Gasteiger partial charge is 0.394 e. The second-order valence-electron chi connectivity index (χ2n) is 34.2. The van der Waals surface area contributed by atoms with E-state index in [2.05, 4.69) is 55.6 Å². The first-order chi connectivity index (χ1) is 55.8. The number of amides is 1. The summed E-state index contributed by atoms with van der Waals surface area (Å²) in [7, 11) is 0. The average molecular weight is 1620 g/mol. The van der Waals surface area contributed by atoms with Crippen LogP contribution >= 0.6 is 0 Å². The first kappa shape index (κ1) is 106. The Morgan fingerprint density at radius 2 is 0.579 bits per heavy atom. The van der Waals surface area contributed by atoms with Crippen molar-refractivity contribution in [3.63, 3.8) is 0 Å². The van der Waals surface area contributed by atoms with E-state index in [1.54, 1.807) is 6.08 Å². The molecule has 17 atom stereocenters. The third kappa shape index (κ3) is 52.2. The van der Waals surface area contributed by atoms with Gasteiger partial charge in [-0.15, -0.1) is 0 Å². The second kappa shape index (κ2) is 74.6. The zero-order chi connectivity index (χ0) is 82.4. The molecule has 17 unspecified atom stereocenters. The molecule has 114 heavy (non-hydrogen) atoms. The van der Waals surface area contributed by atoms with E-state index in [9.17, 15) is 61.0 Å². The predicted octanol–water partition coefficient (Wildman–Crippen LogP) is 19.1. The first-order valence-corrected chi connectivity index (χ1v) is 47.9. The van der Waals surface area contributed by atoms with Crippen molar-refractivity contribution >= 4 is 5.91 Å². The Morgan fingerprint density at radius 1 is 0.316 bits per heavy atom. The van der Waals surface area contributed by atoms with Gasteiger partial charge in [-0.3, -0.25) is 4.79 Å². The van der Waals surface area contributed by atoms with Gasteiger partial charge in [-0.1, -0.05) is 403 Å². The summed E-state index contributed by atoms with van der Waals surface area (Å²) in [5.41, 5.74) is 0. The van der Waals surface area contributed by atoms with E-state index in [0.29, 0.717) is 6.42 Å². The van der Waals surface area contributed by atoms with Crippen molar-refractivity contribution in [1.82, 2.24) is 5.32 Å². The van der Waals surface area contributed by atoms with Gasteiger partial charge in [0.05, 0.1) is 38.6 Å². The van der Waals surface area contributed by atoms with Gasteiger partial charge < -0.3 is 89.9 Å². The van der Waals surface area contributed by atoms with E-state index in [1.807, 2.05) is 6.08 Å². The van der Waals surface area contributed by atoms with Crippen LogP contribution in [0.2, 0.25) is 0 Å². The summed E-state index contributed by atoms with van der Waals surface area (Å²) >= 11 is 0. The number of rotatable bonds is 79. The Bertz CT molecular complexity index is 2240. The van der Waals surface area contributed by atoms with Crippen molar-refractivity contribution in [3.05, 3.63) is 48.6 Å². The van der Waals surface area contributed by atoms with E-state index in [1.165, 1.54) is 334 Å². The van der Waals surface area contributed by atoms with Gasteiger partial charge in [0.25, 0.3) is 0 Å². The molecule has 3 rings (SSSR count). The molecule has 3 aliphatic heterocycles. The number of aliphatic hydroxyl groups is 11. The maximum Gasteiger partial charge on any atom is 0.220 e. The number of carbonyl (C=O) groups is 1. The quantitative estimate of drug-likeness (QED) is 0.0199. The fraction of sp³-hybridized carbons (Fsp3) is 0.905. The Balaban J connectivity index is 1.30. The van der Waals surface area contributed by atoms with Gasteiger partial charge >= 0.3 is 0 Å².